The molecule has 0 aliphatic carbocycles. The minimum atomic E-state index is -0.966. The fourth-order valence-electron chi connectivity index (χ4n) is 3.42. The van der Waals surface area contributed by atoms with Crippen LogP contribution in [0.2, 0.25) is 0 Å². The Labute approximate surface area is 156 Å². The van der Waals surface area contributed by atoms with Crippen LogP contribution < -0.4 is 5.32 Å². The Morgan fingerprint density at radius 2 is 2.15 bits per heavy atom. The van der Waals surface area contributed by atoms with Gasteiger partial charge in [-0.3, -0.25) is 14.4 Å². The van der Waals surface area contributed by atoms with Gasteiger partial charge in [0.25, 0.3) is 0 Å². The van der Waals surface area contributed by atoms with Gasteiger partial charge in [-0.1, -0.05) is 18.2 Å². The number of para-hydroxylation sites is 1. The molecule has 3 N–H and O–H groups in total. The predicted octanol–water partition coefficient (Wildman–Crippen LogP) is 0.917. The van der Waals surface area contributed by atoms with Crippen molar-refractivity contribution in [2.45, 2.75) is 31.9 Å². The van der Waals surface area contributed by atoms with Gasteiger partial charge in [-0.05, 0) is 11.6 Å². The summed E-state index contributed by atoms with van der Waals surface area (Å²) < 4.78 is 5.43. The number of hydrogen-bond acceptors (Lipinski definition) is 4. The molecule has 2 amide bonds. The number of aromatic amines is 1. The minimum Gasteiger partial charge on any atom is -0.481 e. The lowest BCUT2D eigenvalue weighted by atomic mass is 10.0. The number of rotatable bonds is 6. The number of nitrogens with one attached hydrogen (secondary N) is 2. The monoisotopic (exact) mass is 373 g/mol. The second-order valence-corrected chi connectivity index (χ2v) is 6.69. The normalized spacial score (nSPS) is 18.3. The third-order valence-corrected chi connectivity index (χ3v) is 4.63. The summed E-state index contributed by atoms with van der Waals surface area (Å²) in [6.07, 6.45) is 1.51. The van der Waals surface area contributed by atoms with Crippen LogP contribution in [0.3, 0.4) is 0 Å². The Bertz CT molecular complexity index is 847. The van der Waals surface area contributed by atoms with Crippen LogP contribution in [0.1, 0.15) is 18.9 Å². The molecule has 1 saturated heterocycles. The van der Waals surface area contributed by atoms with E-state index in [-0.39, 0.29) is 31.4 Å². The lowest BCUT2D eigenvalue weighted by Gasteiger charge is -2.34. The number of H-pyrrole nitrogens is 1. The number of carbonyl (C=O) groups excluding carboxylic acids is 2. The smallest absolute Gasteiger partial charge is 0.306 e. The Balaban J connectivity index is 1.76. The highest BCUT2D eigenvalue weighted by Crippen LogP contribution is 2.20. The van der Waals surface area contributed by atoms with Crippen LogP contribution >= 0.6 is 0 Å². The molecule has 1 aromatic heterocycles. The molecule has 1 aromatic carbocycles. The van der Waals surface area contributed by atoms with E-state index in [4.69, 9.17) is 9.84 Å². The summed E-state index contributed by atoms with van der Waals surface area (Å²) in [5, 5.41) is 12.7. The molecule has 2 aromatic rings. The summed E-state index contributed by atoms with van der Waals surface area (Å²) in [4.78, 5) is 40.3. The van der Waals surface area contributed by atoms with Crippen LogP contribution in [-0.4, -0.2) is 64.6 Å². The van der Waals surface area contributed by atoms with Crippen molar-refractivity contribution in [3.8, 4) is 0 Å². The number of morpholine rings is 1. The molecule has 1 aliphatic rings. The molecule has 0 spiro atoms. The van der Waals surface area contributed by atoms with E-state index in [9.17, 15) is 14.4 Å². The van der Waals surface area contributed by atoms with Crippen molar-refractivity contribution in [2.75, 3.05) is 19.7 Å². The number of amides is 2. The Morgan fingerprint density at radius 3 is 2.89 bits per heavy atom. The van der Waals surface area contributed by atoms with E-state index in [0.717, 1.165) is 16.5 Å². The highest BCUT2D eigenvalue weighted by molar-refractivity contribution is 5.89. The van der Waals surface area contributed by atoms with Gasteiger partial charge in [-0.2, -0.15) is 0 Å². The van der Waals surface area contributed by atoms with Crippen LogP contribution in [0.5, 0.6) is 0 Å². The van der Waals surface area contributed by atoms with Crippen molar-refractivity contribution in [2.24, 2.45) is 0 Å². The van der Waals surface area contributed by atoms with E-state index >= 15 is 0 Å². The predicted molar refractivity (Wildman–Crippen MR) is 98.2 cm³/mol. The largest absolute Gasteiger partial charge is 0.481 e. The summed E-state index contributed by atoms with van der Waals surface area (Å²) in [5.41, 5.74) is 1.91. The molecule has 2 heterocycles. The molecule has 2 atom stereocenters. The number of carboxylic acids is 1. The summed E-state index contributed by atoms with van der Waals surface area (Å²) in [6, 6.07) is 7.05. The minimum absolute atomic E-state index is 0.156. The Kier molecular flexibility index (Phi) is 5.75. The summed E-state index contributed by atoms with van der Waals surface area (Å²) in [7, 11) is 0. The van der Waals surface area contributed by atoms with E-state index in [0.29, 0.717) is 13.0 Å². The molecular weight excluding hydrogens is 350 g/mol. The first-order chi connectivity index (χ1) is 12.9. The molecule has 8 nitrogen and oxygen atoms in total. The lowest BCUT2D eigenvalue weighted by Crippen LogP contribution is -2.54. The molecule has 1 fully saturated rings. The highest BCUT2D eigenvalue weighted by Gasteiger charge is 2.31. The quantitative estimate of drug-likeness (QED) is 0.697. The van der Waals surface area contributed by atoms with E-state index < -0.39 is 18.1 Å². The standard InChI is InChI=1S/C19H23N3O5/c1-12(23)21-17(8-13-10-20-16-5-3-2-4-15(13)16)19(26)22-6-7-27-14(11-22)9-18(24)25/h2-5,10,14,17,20H,6-9,11H2,1H3,(H,21,23)(H,24,25). The van der Waals surface area contributed by atoms with Gasteiger partial charge in [0.2, 0.25) is 11.8 Å². The summed E-state index contributed by atoms with van der Waals surface area (Å²) in [6.45, 7) is 2.24. The fourth-order valence-corrected chi connectivity index (χ4v) is 3.42. The zero-order valence-electron chi connectivity index (χ0n) is 15.1. The van der Waals surface area contributed by atoms with Crippen LogP contribution in [0, 0.1) is 0 Å². The maximum Gasteiger partial charge on any atom is 0.306 e. The molecule has 144 valence electrons. The van der Waals surface area contributed by atoms with Crippen molar-refractivity contribution in [1.29, 1.82) is 0 Å². The number of benzene rings is 1. The second kappa shape index (κ2) is 8.22. The van der Waals surface area contributed by atoms with Crippen LogP contribution in [0.4, 0.5) is 0 Å². The highest BCUT2D eigenvalue weighted by atomic mass is 16.5. The molecule has 27 heavy (non-hydrogen) atoms. The van der Waals surface area contributed by atoms with Crippen molar-refractivity contribution in [1.82, 2.24) is 15.2 Å². The number of aliphatic carboxylic acids is 1. The van der Waals surface area contributed by atoms with Gasteiger partial charge >= 0.3 is 5.97 Å². The van der Waals surface area contributed by atoms with Crippen LogP contribution in [0.25, 0.3) is 10.9 Å². The van der Waals surface area contributed by atoms with Gasteiger partial charge in [0.05, 0.1) is 19.1 Å². The van der Waals surface area contributed by atoms with E-state index in [1.165, 1.54) is 6.92 Å². The molecule has 0 saturated carbocycles. The average molecular weight is 373 g/mol. The number of fused-ring (bicyclic) bond motifs is 1. The first kappa shape index (κ1) is 18.9. The van der Waals surface area contributed by atoms with Gasteiger partial charge in [0.15, 0.2) is 0 Å². The number of nitrogens with zero attached hydrogens (tertiary/aromatic N) is 1. The number of aromatic nitrogens is 1. The van der Waals surface area contributed by atoms with Gasteiger partial charge < -0.3 is 25.0 Å². The first-order valence-corrected chi connectivity index (χ1v) is 8.88. The van der Waals surface area contributed by atoms with Crippen LogP contribution in [0.15, 0.2) is 30.5 Å². The first-order valence-electron chi connectivity index (χ1n) is 8.88. The second-order valence-electron chi connectivity index (χ2n) is 6.69. The molecule has 1 aliphatic heterocycles. The van der Waals surface area contributed by atoms with Crippen molar-refractivity contribution in [3.05, 3.63) is 36.0 Å². The molecular formula is C19H23N3O5. The zero-order valence-corrected chi connectivity index (χ0v) is 15.1. The Morgan fingerprint density at radius 1 is 1.37 bits per heavy atom. The van der Waals surface area contributed by atoms with Crippen molar-refractivity contribution in [3.63, 3.8) is 0 Å². The maximum atomic E-state index is 13.0. The SMILES string of the molecule is CC(=O)NC(Cc1c[nH]c2ccccc12)C(=O)N1CCOC(CC(=O)O)C1. The third kappa shape index (κ3) is 4.65. The Hall–Kier alpha value is -2.87. The van der Waals surface area contributed by atoms with Gasteiger partial charge in [0, 0.05) is 43.5 Å². The van der Waals surface area contributed by atoms with E-state index in [1.54, 1.807) is 4.90 Å². The molecule has 0 bridgehead atoms. The van der Waals surface area contributed by atoms with E-state index in [2.05, 4.69) is 10.3 Å². The van der Waals surface area contributed by atoms with Gasteiger partial charge in [-0.15, -0.1) is 0 Å². The fraction of sp³-hybridized carbons (Fsp3) is 0.421. The zero-order chi connectivity index (χ0) is 19.4. The summed E-state index contributed by atoms with van der Waals surface area (Å²) in [5.74, 6) is -1.48. The topological polar surface area (TPSA) is 112 Å². The molecule has 0 radical (unpaired) electrons. The number of hydrogen-bond donors (Lipinski definition) is 3. The summed E-state index contributed by atoms with van der Waals surface area (Å²) >= 11 is 0. The van der Waals surface area contributed by atoms with Crippen molar-refractivity contribution < 1.29 is 24.2 Å². The number of carbonyl (C=O) groups is 3. The maximum absolute atomic E-state index is 13.0. The van der Waals surface area contributed by atoms with Crippen LogP contribution in [-0.2, 0) is 25.5 Å². The van der Waals surface area contributed by atoms with Crippen molar-refractivity contribution >= 4 is 28.7 Å². The third-order valence-electron chi connectivity index (χ3n) is 4.63. The molecule has 2 unspecified atom stereocenters. The van der Waals surface area contributed by atoms with Gasteiger partial charge in [-0.25, -0.2) is 0 Å². The van der Waals surface area contributed by atoms with Gasteiger partial charge in [0.1, 0.15) is 6.04 Å². The average Bonchev–Trinajstić information content (AvgIpc) is 3.03. The van der Waals surface area contributed by atoms with E-state index in [1.807, 2.05) is 30.5 Å². The number of ether oxygens (including phenoxy) is 1. The molecule has 3 rings (SSSR count). The molecule has 8 heteroatoms. The number of carboxylic acid groups (broad SMARTS) is 1. The lowest BCUT2D eigenvalue weighted by molar-refractivity contribution is -0.149.